The number of benzene rings is 1. The van der Waals surface area contributed by atoms with Gasteiger partial charge in [-0.25, -0.2) is 4.98 Å². The molecule has 0 radical (unpaired) electrons. The van der Waals surface area contributed by atoms with Gasteiger partial charge in [-0.05, 0) is 44.0 Å². The Bertz CT molecular complexity index is 1040. The minimum absolute atomic E-state index is 0.115. The highest BCUT2D eigenvalue weighted by Crippen LogP contribution is 2.33. The van der Waals surface area contributed by atoms with Crippen LogP contribution in [0.4, 0.5) is 0 Å². The maximum Gasteiger partial charge on any atom is 0.273 e. The first-order valence-electron chi connectivity index (χ1n) is 9.87. The molecule has 0 unspecified atom stereocenters. The second-order valence-corrected chi connectivity index (χ2v) is 7.35. The van der Waals surface area contributed by atoms with E-state index in [0.29, 0.717) is 12.2 Å². The SMILES string of the molecule is CCCc1cc(C(=O)NC[C@@H]2Cc3cc(-c4nc(C)cnc4C)ccc3O2)no1. The van der Waals surface area contributed by atoms with Gasteiger partial charge in [0.15, 0.2) is 5.69 Å². The predicted octanol–water partition coefficient (Wildman–Crippen LogP) is 3.43. The first-order chi connectivity index (χ1) is 14.0. The molecule has 0 bridgehead atoms. The van der Waals surface area contributed by atoms with E-state index in [1.54, 1.807) is 12.3 Å². The summed E-state index contributed by atoms with van der Waals surface area (Å²) < 4.78 is 11.2. The molecule has 1 N–H and O–H groups in total. The molecule has 0 aliphatic carbocycles. The van der Waals surface area contributed by atoms with Crippen LogP contribution in [0.2, 0.25) is 0 Å². The molecule has 4 rings (SSSR count). The average molecular weight is 392 g/mol. The smallest absolute Gasteiger partial charge is 0.273 e. The number of ether oxygens (including phenoxy) is 1. The molecule has 0 saturated carbocycles. The molecule has 3 aromatic rings. The average Bonchev–Trinajstić information content (AvgIpc) is 3.34. The highest BCUT2D eigenvalue weighted by Gasteiger charge is 2.25. The third-order valence-electron chi connectivity index (χ3n) is 4.93. The second kappa shape index (κ2) is 8.03. The van der Waals surface area contributed by atoms with Crippen molar-refractivity contribution in [2.45, 2.75) is 46.1 Å². The Morgan fingerprint density at radius 1 is 1.28 bits per heavy atom. The quantitative estimate of drug-likeness (QED) is 0.691. The van der Waals surface area contributed by atoms with Gasteiger partial charge in [0.25, 0.3) is 5.91 Å². The Labute approximate surface area is 169 Å². The molecule has 7 heteroatoms. The van der Waals surface area contributed by atoms with Crippen molar-refractivity contribution in [1.29, 1.82) is 0 Å². The molecule has 150 valence electrons. The summed E-state index contributed by atoms with van der Waals surface area (Å²) in [5.74, 6) is 1.32. The van der Waals surface area contributed by atoms with Crippen molar-refractivity contribution in [3.8, 4) is 17.0 Å². The van der Waals surface area contributed by atoms with Crippen LogP contribution in [0.1, 0.15) is 46.5 Å². The third-order valence-corrected chi connectivity index (χ3v) is 4.93. The van der Waals surface area contributed by atoms with E-state index >= 15 is 0 Å². The van der Waals surface area contributed by atoms with Gasteiger partial charge < -0.3 is 14.6 Å². The van der Waals surface area contributed by atoms with Crippen molar-refractivity contribution in [2.24, 2.45) is 0 Å². The summed E-state index contributed by atoms with van der Waals surface area (Å²) in [4.78, 5) is 21.3. The zero-order valence-corrected chi connectivity index (χ0v) is 16.9. The maximum atomic E-state index is 12.3. The molecule has 0 saturated heterocycles. The second-order valence-electron chi connectivity index (χ2n) is 7.35. The van der Waals surface area contributed by atoms with Crippen molar-refractivity contribution in [1.82, 2.24) is 20.4 Å². The van der Waals surface area contributed by atoms with Gasteiger partial charge in [0.2, 0.25) is 0 Å². The third kappa shape index (κ3) is 4.13. The molecular formula is C22H24N4O3. The highest BCUT2D eigenvalue weighted by molar-refractivity contribution is 5.92. The lowest BCUT2D eigenvalue weighted by atomic mass is 10.0. The topological polar surface area (TPSA) is 90.1 Å². The normalized spacial score (nSPS) is 15.1. The van der Waals surface area contributed by atoms with Crippen molar-refractivity contribution >= 4 is 5.91 Å². The van der Waals surface area contributed by atoms with Crippen LogP contribution in [0, 0.1) is 13.8 Å². The van der Waals surface area contributed by atoms with E-state index in [-0.39, 0.29) is 12.0 Å². The summed E-state index contributed by atoms with van der Waals surface area (Å²) in [6, 6.07) is 7.76. The van der Waals surface area contributed by atoms with Gasteiger partial charge in [0, 0.05) is 30.7 Å². The van der Waals surface area contributed by atoms with Crippen LogP contribution in [0.25, 0.3) is 11.3 Å². The first kappa shape index (κ1) is 19.1. The van der Waals surface area contributed by atoms with Crippen molar-refractivity contribution < 1.29 is 14.1 Å². The molecule has 2 aromatic heterocycles. The highest BCUT2D eigenvalue weighted by atomic mass is 16.5. The predicted molar refractivity (Wildman–Crippen MR) is 108 cm³/mol. The summed E-state index contributed by atoms with van der Waals surface area (Å²) in [6.07, 6.45) is 4.10. The van der Waals surface area contributed by atoms with Crippen molar-refractivity contribution in [3.63, 3.8) is 0 Å². The monoisotopic (exact) mass is 392 g/mol. The zero-order chi connectivity index (χ0) is 20.4. The lowest BCUT2D eigenvalue weighted by Gasteiger charge is -2.10. The Hall–Kier alpha value is -3.22. The number of nitrogens with zero attached hydrogens (tertiary/aromatic N) is 3. The molecule has 29 heavy (non-hydrogen) atoms. The molecular weight excluding hydrogens is 368 g/mol. The lowest BCUT2D eigenvalue weighted by Crippen LogP contribution is -2.34. The van der Waals surface area contributed by atoms with E-state index in [0.717, 1.165) is 59.0 Å². The fourth-order valence-corrected chi connectivity index (χ4v) is 3.47. The Morgan fingerprint density at radius 2 is 2.14 bits per heavy atom. The van der Waals surface area contributed by atoms with Gasteiger partial charge in [-0.15, -0.1) is 0 Å². The van der Waals surface area contributed by atoms with E-state index in [4.69, 9.17) is 9.26 Å². The molecule has 0 spiro atoms. The number of carbonyl (C=O) groups is 1. The van der Waals surface area contributed by atoms with Gasteiger partial charge in [-0.2, -0.15) is 0 Å². The largest absolute Gasteiger partial charge is 0.488 e. The minimum Gasteiger partial charge on any atom is -0.488 e. The lowest BCUT2D eigenvalue weighted by molar-refractivity contribution is 0.0924. The fourth-order valence-electron chi connectivity index (χ4n) is 3.47. The number of hydrogen-bond acceptors (Lipinski definition) is 6. The van der Waals surface area contributed by atoms with Crippen molar-refractivity contribution in [2.75, 3.05) is 6.54 Å². The van der Waals surface area contributed by atoms with Gasteiger partial charge >= 0.3 is 0 Å². The Morgan fingerprint density at radius 3 is 2.97 bits per heavy atom. The molecule has 0 fully saturated rings. The van der Waals surface area contributed by atoms with Crippen LogP contribution < -0.4 is 10.1 Å². The van der Waals surface area contributed by atoms with Crippen LogP contribution in [-0.2, 0) is 12.8 Å². The molecule has 3 heterocycles. The first-order valence-corrected chi connectivity index (χ1v) is 9.87. The maximum absolute atomic E-state index is 12.3. The van der Waals surface area contributed by atoms with Crippen LogP contribution in [0.3, 0.4) is 0 Å². The number of aryl methyl sites for hydroxylation is 3. The number of amides is 1. The summed E-state index contributed by atoms with van der Waals surface area (Å²) >= 11 is 0. The molecule has 1 aromatic carbocycles. The molecule has 1 aliphatic heterocycles. The van der Waals surface area contributed by atoms with Crippen molar-refractivity contribution in [3.05, 3.63) is 58.9 Å². The molecule has 1 amide bonds. The van der Waals surface area contributed by atoms with E-state index in [9.17, 15) is 4.79 Å². The van der Waals surface area contributed by atoms with Crippen LogP contribution in [0.5, 0.6) is 5.75 Å². The van der Waals surface area contributed by atoms with Crippen LogP contribution >= 0.6 is 0 Å². The molecule has 1 atom stereocenters. The number of aromatic nitrogens is 3. The summed E-state index contributed by atoms with van der Waals surface area (Å²) in [5.41, 5.74) is 5.11. The number of nitrogens with one attached hydrogen (secondary N) is 1. The molecule has 7 nitrogen and oxygen atoms in total. The molecule has 1 aliphatic rings. The van der Waals surface area contributed by atoms with Crippen LogP contribution in [0.15, 0.2) is 35.0 Å². The Kier molecular flexibility index (Phi) is 5.29. The zero-order valence-electron chi connectivity index (χ0n) is 16.9. The summed E-state index contributed by atoms with van der Waals surface area (Å²) in [6.45, 7) is 6.35. The summed E-state index contributed by atoms with van der Waals surface area (Å²) in [5, 5.41) is 6.72. The number of carbonyl (C=O) groups excluding carboxylic acids is 1. The Balaban J connectivity index is 1.40. The number of rotatable bonds is 6. The standard InChI is InChI=1S/C22H24N4O3/c1-4-5-17-10-19(26-29-17)22(27)24-12-18-9-16-8-15(6-7-20(16)28-18)21-14(3)23-11-13(2)25-21/h6-8,10-11,18H,4-5,9,12H2,1-3H3,(H,24,27)/t18-/m0/s1. The van der Waals surface area contributed by atoms with Gasteiger partial charge in [0.1, 0.15) is 17.6 Å². The fraction of sp³-hybridized carbons (Fsp3) is 0.364. The van der Waals surface area contributed by atoms with E-state index in [2.05, 4.69) is 33.4 Å². The van der Waals surface area contributed by atoms with Crippen LogP contribution in [-0.4, -0.2) is 33.7 Å². The van der Waals surface area contributed by atoms with Gasteiger partial charge in [0.05, 0.1) is 23.6 Å². The number of hydrogen-bond donors (Lipinski definition) is 1. The van der Waals surface area contributed by atoms with E-state index < -0.39 is 0 Å². The number of fused-ring (bicyclic) bond motifs is 1. The summed E-state index contributed by atoms with van der Waals surface area (Å²) in [7, 11) is 0. The van der Waals surface area contributed by atoms with Gasteiger partial charge in [-0.1, -0.05) is 12.1 Å². The van der Waals surface area contributed by atoms with Gasteiger partial charge in [-0.3, -0.25) is 9.78 Å². The van der Waals surface area contributed by atoms with E-state index in [1.165, 1.54) is 0 Å². The van der Waals surface area contributed by atoms with E-state index in [1.807, 2.05) is 26.0 Å². The minimum atomic E-state index is -0.248.